The summed E-state index contributed by atoms with van der Waals surface area (Å²) in [6.45, 7) is 0. The summed E-state index contributed by atoms with van der Waals surface area (Å²) in [6, 6.07) is 16.0. The molecule has 26 heavy (non-hydrogen) atoms. The number of hydrogen-bond donors (Lipinski definition) is 0. The van der Waals surface area contributed by atoms with Crippen LogP contribution in [0.25, 0.3) is 33.0 Å². The first kappa shape index (κ1) is 15.6. The summed E-state index contributed by atoms with van der Waals surface area (Å²) in [5.74, 6) is 5.70. The van der Waals surface area contributed by atoms with E-state index in [9.17, 15) is 0 Å². The van der Waals surface area contributed by atoms with Crippen molar-refractivity contribution < 1.29 is 0 Å². The molecule has 0 aliphatic heterocycles. The largest absolute Gasteiger partial charge is 0.265 e. The first-order chi connectivity index (χ1) is 12.8. The van der Waals surface area contributed by atoms with Crippen molar-refractivity contribution in [3.63, 3.8) is 0 Å². The fraction of sp³-hybridized carbons (Fsp3) is 0. The number of hydrogen-bond acceptors (Lipinski definition) is 2. The summed E-state index contributed by atoms with van der Waals surface area (Å²) in [7, 11) is 0. The Bertz CT molecular complexity index is 1080. The standard InChI is InChI=1S/C24H14N2/c1-3-19-21(17-9-13-25-14-10-17)5-8-24-20(4-2)22(6-7-23(19)24)18-11-15-26-16-12-18/h1-2,5-16H. The van der Waals surface area contributed by atoms with Gasteiger partial charge in [-0.1, -0.05) is 36.1 Å². The molecule has 4 rings (SSSR count). The van der Waals surface area contributed by atoms with E-state index in [0.29, 0.717) is 0 Å². The number of nitrogens with zero attached hydrogens (tertiary/aromatic N) is 2. The molecule has 0 unspecified atom stereocenters. The highest BCUT2D eigenvalue weighted by Crippen LogP contribution is 2.35. The van der Waals surface area contributed by atoms with E-state index < -0.39 is 0 Å². The van der Waals surface area contributed by atoms with Crippen molar-refractivity contribution in [3.05, 3.63) is 84.4 Å². The highest BCUT2D eigenvalue weighted by Gasteiger charge is 2.13. The molecule has 2 heterocycles. The van der Waals surface area contributed by atoms with E-state index in [2.05, 4.69) is 21.8 Å². The highest BCUT2D eigenvalue weighted by molar-refractivity contribution is 6.01. The third-order valence-electron chi connectivity index (χ3n) is 4.47. The molecule has 0 aliphatic carbocycles. The monoisotopic (exact) mass is 330 g/mol. The predicted octanol–water partition coefficient (Wildman–Crippen LogP) is 4.93. The van der Waals surface area contributed by atoms with Crippen LogP contribution in [0.15, 0.2) is 73.3 Å². The molecular weight excluding hydrogens is 316 g/mol. The maximum absolute atomic E-state index is 5.87. The molecule has 0 radical (unpaired) electrons. The van der Waals surface area contributed by atoms with Crippen LogP contribution < -0.4 is 0 Å². The van der Waals surface area contributed by atoms with E-state index in [1.54, 1.807) is 24.8 Å². The summed E-state index contributed by atoms with van der Waals surface area (Å²) < 4.78 is 0. The van der Waals surface area contributed by atoms with E-state index in [1.807, 2.05) is 48.5 Å². The van der Waals surface area contributed by atoms with Gasteiger partial charge in [0.15, 0.2) is 0 Å². The van der Waals surface area contributed by atoms with E-state index in [-0.39, 0.29) is 0 Å². The minimum atomic E-state index is 0.839. The van der Waals surface area contributed by atoms with Crippen molar-refractivity contribution in [2.45, 2.75) is 0 Å². The first-order valence-corrected chi connectivity index (χ1v) is 8.17. The van der Waals surface area contributed by atoms with Crippen molar-refractivity contribution in [2.75, 3.05) is 0 Å². The SMILES string of the molecule is C#Cc1c(-c2ccncc2)ccc2c(C#C)c(-c3ccncc3)ccc12. The zero-order chi connectivity index (χ0) is 17.9. The van der Waals surface area contributed by atoms with E-state index in [4.69, 9.17) is 12.8 Å². The molecule has 0 atom stereocenters. The third-order valence-corrected chi connectivity index (χ3v) is 4.47. The summed E-state index contributed by atoms with van der Waals surface area (Å²) in [6.07, 6.45) is 18.8. The van der Waals surface area contributed by atoms with E-state index in [0.717, 1.165) is 44.2 Å². The number of rotatable bonds is 2. The van der Waals surface area contributed by atoms with Crippen molar-refractivity contribution in [2.24, 2.45) is 0 Å². The molecule has 0 saturated carbocycles. The molecule has 0 spiro atoms. The van der Waals surface area contributed by atoms with Crippen LogP contribution in [0.2, 0.25) is 0 Å². The van der Waals surface area contributed by atoms with Gasteiger partial charge in [-0.15, -0.1) is 12.8 Å². The molecule has 0 amide bonds. The van der Waals surface area contributed by atoms with Crippen LogP contribution >= 0.6 is 0 Å². The molecule has 0 saturated heterocycles. The van der Waals surface area contributed by atoms with Crippen molar-refractivity contribution >= 4 is 10.8 Å². The zero-order valence-electron chi connectivity index (χ0n) is 14.0. The Kier molecular flexibility index (Phi) is 3.94. The van der Waals surface area contributed by atoms with Gasteiger partial charge in [0.05, 0.1) is 0 Å². The quantitative estimate of drug-likeness (QED) is 0.487. The summed E-state index contributed by atoms with van der Waals surface area (Å²) in [5.41, 5.74) is 5.76. The molecule has 0 N–H and O–H groups in total. The maximum Gasteiger partial charge on any atom is 0.0399 e. The lowest BCUT2D eigenvalue weighted by Crippen LogP contribution is -1.92. The van der Waals surface area contributed by atoms with Crippen molar-refractivity contribution in [3.8, 4) is 46.9 Å². The minimum Gasteiger partial charge on any atom is -0.265 e. The average molecular weight is 330 g/mol. The molecule has 2 aromatic carbocycles. The average Bonchev–Trinajstić information content (AvgIpc) is 2.73. The smallest absolute Gasteiger partial charge is 0.0399 e. The Labute approximate surface area is 152 Å². The second-order valence-electron chi connectivity index (χ2n) is 5.83. The van der Waals surface area contributed by atoms with Crippen LogP contribution in [-0.2, 0) is 0 Å². The Hall–Kier alpha value is -3.88. The Morgan fingerprint density at radius 1 is 0.538 bits per heavy atom. The van der Waals surface area contributed by atoms with Gasteiger partial charge in [0.2, 0.25) is 0 Å². The summed E-state index contributed by atoms with van der Waals surface area (Å²) >= 11 is 0. The van der Waals surface area contributed by atoms with E-state index >= 15 is 0 Å². The fourth-order valence-corrected chi connectivity index (χ4v) is 3.26. The normalized spacial score (nSPS) is 10.2. The molecule has 2 nitrogen and oxygen atoms in total. The van der Waals surface area contributed by atoms with Crippen LogP contribution in [0.3, 0.4) is 0 Å². The second-order valence-corrected chi connectivity index (χ2v) is 5.83. The van der Waals surface area contributed by atoms with Crippen LogP contribution in [0.4, 0.5) is 0 Å². The second kappa shape index (κ2) is 6.55. The molecule has 0 bridgehead atoms. The Morgan fingerprint density at radius 2 is 0.923 bits per heavy atom. The van der Waals surface area contributed by atoms with Gasteiger partial charge in [-0.3, -0.25) is 9.97 Å². The number of fused-ring (bicyclic) bond motifs is 1. The van der Waals surface area contributed by atoms with Crippen LogP contribution in [0.5, 0.6) is 0 Å². The lowest BCUT2D eigenvalue weighted by Gasteiger charge is -2.13. The highest BCUT2D eigenvalue weighted by atomic mass is 14.6. The summed E-state index contributed by atoms with van der Waals surface area (Å²) in [5, 5.41) is 1.96. The first-order valence-electron chi connectivity index (χ1n) is 8.17. The van der Waals surface area contributed by atoms with Gasteiger partial charge >= 0.3 is 0 Å². The van der Waals surface area contributed by atoms with Crippen LogP contribution in [-0.4, -0.2) is 9.97 Å². The fourth-order valence-electron chi connectivity index (χ4n) is 3.26. The van der Waals surface area contributed by atoms with Gasteiger partial charge in [0.1, 0.15) is 0 Å². The lowest BCUT2D eigenvalue weighted by molar-refractivity contribution is 1.33. The number of terminal acetylenes is 2. The minimum absolute atomic E-state index is 0.839. The molecule has 4 aromatic rings. The number of pyridine rings is 2. The predicted molar refractivity (Wildman–Crippen MR) is 106 cm³/mol. The molecule has 0 aliphatic rings. The summed E-state index contributed by atoms with van der Waals surface area (Å²) in [4.78, 5) is 8.16. The van der Waals surface area contributed by atoms with Crippen molar-refractivity contribution in [1.29, 1.82) is 0 Å². The Morgan fingerprint density at radius 3 is 1.27 bits per heavy atom. The maximum atomic E-state index is 5.87. The molecule has 120 valence electrons. The van der Waals surface area contributed by atoms with Crippen LogP contribution in [0, 0.1) is 24.7 Å². The lowest BCUT2D eigenvalue weighted by atomic mass is 9.89. The van der Waals surface area contributed by atoms with Gasteiger partial charge in [-0.2, -0.15) is 0 Å². The molecule has 2 heteroatoms. The molecular formula is C24H14N2. The topological polar surface area (TPSA) is 25.8 Å². The van der Waals surface area contributed by atoms with Gasteiger partial charge in [-0.25, -0.2) is 0 Å². The van der Waals surface area contributed by atoms with Gasteiger partial charge < -0.3 is 0 Å². The van der Waals surface area contributed by atoms with E-state index in [1.165, 1.54) is 0 Å². The molecule has 2 aromatic heterocycles. The number of aromatic nitrogens is 2. The molecule has 0 fully saturated rings. The van der Waals surface area contributed by atoms with Gasteiger partial charge in [0, 0.05) is 35.9 Å². The third kappa shape index (κ3) is 2.51. The van der Waals surface area contributed by atoms with Crippen LogP contribution in [0.1, 0.15) is 11.1 Å². The van der Waals surface area contributed by atoms with Gasteiger partial charge in [0.25, 0.3) is 0 Å². The van der Waals surface area contributed by atoms with Gasteiger partial charge in [-0.05, 0) is 57.3 Å². The number of benzene rings is 2. The van der Waals surface area contributed by atoms with Crippen molar-refractivity contribution in [1.82, 2.24) is 9.97 Å². The zero-order valence-corrected chi connectivity index (χ0v) is 14.0. The Balaban J connectivity index is 2.02.